The van der Waals surface area contributed by atoms with Crippen LogP contribution in [-0.2, 0) is 0 Å². The first-order valence-electron chi connectivity index (χ1n) is 5.30. The highest BCUT2D eigenvalue weighted by atomic mass is 32.1. The minimum absolute atomic E-state index is 0.213. The van der Waals surface area contributed by atoms with Gasteiger partial charge in [0.2, 0.25) is 5.43 Å². The molecule has 17 heavy (non-hydrogen) atoms. The zero-order valence-corrected chi connectivity index (χ0v) is 10.8. The first-order chi connectivity index (χ1) is 8.06. The molecule has 5 heteroatoms. The summed E-state index contributed by atoms with van der Waals surface area (Å²) < 4.78 is 5.20. The van der Waals surface area contributed by atoms with E-state index in [0.717, 1.165) is 9.88 Å². The quantitative estimate of drug-likeness (QED) is 0.772. The molecule has 2 aromatic rings. The molecule has 0 unspecified atom stereocenters. The molecule has 0 aliphatic heterocycles. The number of ether oxygens (including phenoxy) is 1. The normalized spacial score (nSPS) is 10.8. The molecule has 0 bridgehead atoms. The Hall–Kier alpha value is -1.62. The van der Waals surface area contributed by atoms with Crippen LogP contribution in [0.25, 0.3) is 10.4 Å². The molecule has 0 amide bonds. The lowest BCUT2D eigenvalue weighted by Gasteiger charge is -2.10. The van der Waals surface area contributed by atoms with Gasteiger partial charge in [-0.05, 0) is 19.1 Å². The van der Waals surface area contributed by atoms with Crippen LogP contribution in [0.15, 0.2) is 21.7 Å². The number of hydrogen-bond donors (Lipinski definition) is 0. The highest BCUT2D eigenvalue weighted by molar-refractivity contribution is 7.19. The maximum Gasteiger partial charge on any atom is 0.269 e. The van der Waals surface area contributed by atoms with Gasteiger partial charge in [0.05, 0.1) is 17.2 Å². The minimum atomic E-state index is -0.512. The summed E-state index contributed by atoms with van der Waals surface area (Å²) in [4.78, 5) is 25.6. The van der Waals surface area contributed by atoms with Crippen LogP contribution in [0.2, 0.25) is 0 Å². The first-order valence-corrected chi connectivity index (χ1v) is 6.11. The van der Waals surface area contributed by atoms with E-state index in [-0.39, 0.29) is 5.75 Å². The van der Waals surface area contributed by atoms with E-state index in [9.17, 15) is 9.59 Å². The van der Waals surface area contributed by atoms with Gasteiger partial charge >= 0.3 is 0 Å². The van der Waals surface area contributed by atoms with E-state index in [0.29, 0.717) is 12.2 Å². The summed E-state index contributed by atoms with van der Waals surface area (Å²) in [6.45, 7) is 2.18. The molecule has 0 atom stereocenters. The van der Waals surface area contributed by atoms with E-state index >= 15 is 0 Å². The van der Waals surface area contributed by atoms with Gasteiger partial charge in [-0.2, -0.15) is 0 Å². The highest BCUT2D eigenvalue weighted by Gasteiger charge is 2.24. The number of anilines is 1. The van der Waals surface area contributed by atoms with Crippen LogP contribution in [-0.4, -0.2) is 20.7 Å². The summed E-state index contributed by atoms with van der Waals surface area (Å²) in [6, 6.07) is 3.77. The summed E-state index contributed by atoms with van der Waals surface area (Å²) in [5.74, 6) is 0.213. The van der Waals surface area contributed by atoms with Crippen LogP contribution in [0.4, 0.5) is 5.00 Å². The van der Waals surface area contributed by atoms with E-state index in [1.54, 1.807) is 6.92 Å². The van der Waals surface area contributed by atoms with Gasteiger partial charge in [-0.25, -0.2) is 0 Å². The third-order valence-electron chi connectivity index (χ3n) is 2.43. The Morgan fingerprint density at radius 2 is 1.94 bits per heavy atom. The van der Waals surface area contributed by atoms with E-state index < -0.39 is 10.9 Å². The minimum Gasteiger partial charge on any atom is -0.489 e. The second-order valence-electron chi connectivity index (χ2n) is 3.83. The fourth-order valence-corrected chi connectivity index (χ4v) is 2.55. The Bertz CT molecular complexity index is 605. The van der Waals surface area contributed by atoms with E-state index in [2.05, 4.69) is 0 Å². The Balaban J connectivity index is 2.43. The van der Waals surface area contributed by atoms with Crippen molar-refractivity contribution in [1.82, 2.24) is 0 Å². The van der Waals surface area contributed by atoms with Gasteiger partial charge in [0.25, 0.3) is 5.43 Å². The molecule has 1 heterocycles. The predicted molar refractivity (Wildman–Crippen MR) is 70.2 cm³/mol. The lowest BCUT2D eigenvalue weighted by Crippen LogP contribution is -2.34. The molecule has 1 aromatic carbocycles. The Morgan fingerprint density at radius 1 is 1.24 bits per heavy atom. The summed E-state index contributed by atoms with van der Waals surface area (Å²) in [5, 5.41) is 1.04. The van der Waals surface area contributed by atoms with Crippen LogP contribution < -0.4 is 20.5 Å². The second-order valence-corrected chi connectivity index (χ2v) is 4.89. The van der Waals surface area contributed by atoms with Crippen molar-refractivity contribution < 1.29 is 4.74 Å². The lowest BCUT2D eigenvalue weighted by molar-refractivity contribution is 0.334. The highest BCUT2D eigenvalue weighted by Crippen LogP contribution is 2.35. The number of hydrogen-bond acceptors (Lipinski definition) is 5. The maximum atomic E-state index is 11.5. The smallest absolute Gasteiger partial charge is 0.269 e. The summed E-state index contributed by atoms with van der Waals surface area (Å²) >= 11 is 1.48. The van der Waals surface area contributed by atoms with Crippen molar-refractivity contribution in [2.24, 2.45) is 0 Å². The molecule has 0 aliphatic carbocycles. The van der Waals surface area contributed by atoms with Gasteiger partial charge in [0, 0.05) is 19.0 Å². The molecular weight excluding hydrogens is 238 g/mol. The van der Waals surface area contributed by atoms with Gasteiger partial charge in [-0.3, -0.25) is 9.59 Å². The molecule has 0 N–H and O–H groups in total. The van der Waals surface area contributed by atoms with Gasteiger partial charge < -0.3 is 9.64 Å². The number of nitrogens with zero attached hydrogens (tertiary/aromatic N) is 1. The fourth-order valence-electron chi connectivity index (χ4n) is 1.58. The summed E-state index contributed by atoms with van der Waals surface area (Å²) in [6.07, 6.45) is 0. The van der Waals surface area contributed by atoms with E-state index in [1.807, 2.05) is 31.1 Å². The first kappa shape index (κ1) is 11.9. The van der Waals surface area contributed by atoms with Crippen molar-refractivity contribution >= 4 is 16.3 Å². The molecule has 0 saturated heterocycles. The largest absolute Gasteiger partial charge is 0.489 e. The third kappa shape index (κ3) is 1.86. The summed E-state index contributed by atoms with van der Waals surface area (Å²) in [5.41, 5.74) is -0.530. The van der Waals surface area contributed by atoms with Gasteiger partial charge in [-0.15, -0.1) is 11.3 Å². The average molecular weight is 251 g/mol. The standard InChI is InChI=1S/C12H13NO3S/c1-4-16-12-9(10(14)11(12)15)7-5-6-8(17-7)13(2)3/h5-6H,4H2,1-3H3. The molecule has 1 aromatic heterocycles. The molecule has 0 radical (unpaired) electrons. The molecular formula is C12H13NO3S. The van der Waals surface area contributed by atoms with Crippen LogP contribution in [0.1, 0.15) is 6.92 Å². The zero-order valence-electron chi connectivity index (χ0n) is 9.94. The SMILES string of the molecule is CCOc1c(-c2ccc(N(C)C)s2)c(=O)c1=O. The zero-order chi connectivity index (χ0) is 12.6. The average Bonchev–Trinajstić information content (AvgIpc) is 2.77. The monoisotopic (exact) mass is 251 g/mol. The van der Waals surface area contributed by atoms with Crippen LogP contribution in [0, 0.1) is 0 Å². The maximum absolute atomic E-state index is 11.5. The molecule has 4 nitrogen and oxygen atoms in total. The van der Waals surface area contributed by atoms with Crippen molar-refractivity contribution in [2.45, 2.75) is 6.92 Å². The lowest BCUT2D eigenvalue weighted by atomic mass is 10.1. The van der Waals surface area contributed by atoms with Crippen molar-refractivity contribution in [3.63, 3.8) is 0 Å². The number of rotatable bonds is 4. The molecule has 2 rings (SSSR count). The van der Waals surface area contributed by atoms with Gasteiger partial charge in [0.1, 0.15) is 0 Å². The molecule has 0 fully saturated rings. The molecule has 0 spiro atoms. The molecule has 90 valence electrons. The van der Waals surface area contributed by atoms with Crippen molar-refractivity contribution in [3.8, 4) is 16.2 Å². The van der Waals surface area contributed by atoms with Crippen molar-refractivity contribution in [3.05, 3.63) is 32.6 Å². The molecule has 0 saturated carbocycles. The fraction of sp³-hybridized carbons (Fsp3) is 0.333. The van der Waals surface area contributed by atoms with Gasteiger partial charge in [-0.1, -0.05) is 0 Å². The van der Waals surface area contributed by atoms with Crippen LogP contribution >= 0.6 is 11.3 Å². The Kier molecular flexibility index (Phi) is 3.02. The van der Waals surface area contributed by atoms with Crippen molar-refractivity contribution in [2.75, 3.05) is 25.6 Å². The Labute approximate surface area is 103 Å². The van der Waals surface area contributed by atoms with E-state index in [4.69, 9.17) is 4.74 Å². The van der Waals surface area contributed by atoms with Crippen LogP contribution in [0.5, 0.6) is 5.75 Å². The Morgan fingerprint density at radius 3 is 2.47 bits per heavy atom. The predicted octanol–water partition coefficient (Wildman–Crippen LogP) is 1.48. The molecule has 0 aliphatic rings. The van der Waals surface area contributed by atoms with Crippen LogP contribution in [0.3, 0.4) is 0 Å². The van der Waals surface area contributed by atoms with E-state index in [1.165, 1.54) is 11.3 Å². The summed E-state index contributed by atoms with van der Waals surface area (Å²) in [7, 11) is 3.86. The topological polar surface area (TPSA) is 46.6 Å². The van der Waals surface area contributed by atoms with Gasteiger partial charge in [0.15, 0.2) is 5.75 Å². The third-order valence-corrected chi connectivity index (χ3v) is 3.70. The van der Waals surface area contributed by atoms with Crippen molar-refractivity contribution in [1.29, 1.82) is 0 Å². The second kappa shape index (κ2) is 4.33. The number of thiophene rings is 1.